The summed E-state index contributed by atoms with van der Waals surface area (Å²) in [5.74, 6) is -0.490. The number of rotatable bonds is 7. The van der Waals surface area contributed by atoms with Gasteiger partial charge in [0.1, 0.15) is 25.2 Å². The van der Waals surface area contributed by atoms with Gasteiger partial charge >= 0.3 is 0 Å². The Hall–Kier alpha value is -1.43. The molecule has 0 bridgehead atoms. The molecule has 0 amide bonds. The zero-order valence-electron chi connectivity index (χ0n) is 16.3. The second-order valence-electron chi connectivity index (χ2n) is 9.10. The number of hydrogen-bond acceptors (Lipinski definition) is 3. The van der Waals surface area contributed by atoms with E-state index in [9.17, 15) is 13.6 Å². The number of piperidine rings is 1. The summed E-state index contributed by atoms with van der Waals surface area (Å²) in [6.07, 6.45) is 6.12. The molecule has 0 radical (unpaired) electrons. The lowest BCUT2D eigenvalue weighted by Crippen LogP contribution is -2.31. The number of carbonyl (C=O) groups excluding carboxylic acids is 1. The maximum Gasteiger partial charge on any atom is 0.171 e. The van der Waals surface area contributed by atoms with Gasteiger partial charge in [0.15, 0.2) is 5.78 Å². The Balaban J connectivity index is 1.30. The van der Waals surface area contributed by atoms with Gasteiger partial charge in [0.25, 0.3) is 0 Å². The van der Waals surface area contributed by atoms with E-state index in [1.807, 2.05) is 0 Å². The van der Waals surface area contributed by atoms with Crippen molar-refractivity contribution in [2.24, 2.45) is 17.8 Å². The predicted octanol–water partition coefficient (Wildman–Crippen LogP) is 3.48. The fourth-order valence-electron chi connectivity index (χ4n) is 4.72. The van der Waals surface area contributed by atoms with Crippen LogP contribution in [-0.2, 0) is 0 Å². The molecule has 4 rings (SSSR count). The van der Waals surface area contributed by atoms with Gasteiger partial charge < -0.3 is 9.64 Å². The number of halogens is 2. The molecule has 3 fully saturated rings. The van der Waals surface area contributed by atoms with Crippen molar-refractivity contribution in [3.05, 3.63) is 29.3 Å². The van der Waals surface area contributed by atoms with Crippen molar-refractivity contribution in [1.82, 2.24) is 4.90 Å². The van der Waals surface area contributed by atoms with Gasteiger partial charge in [-0.1, -0.05) is 11.7 Å². The first-order valence-electron chi connectivity index (χ1n) is 10.2. The van der Waals surface area contributed by atoms with Gasteiger partial charge in [-0.25, -0.2) is 8.78 Å². The van der Waals surface area contributed by atoms with Gasteiger partial charge in [-0.15, -0.1) is 0 Å². The summed E-state index contributed by atoms with van der Waals surface area (Å²) in [5, 5.41) is 0.291. The molecule has 146 valence electrons. The molecule has 1 aromatic carbocycles. The van der Waals surface area contributed by atoms with Crippen molar-refractivity contribution in [3.63, 3.8) is 0 Å². The number of Topliss-reactive ketones (excluding diaryl/α,β-unsaturated/α-hetero) is 1. The predicted molar refractivity (Wildman–Crippen MR) is 103 cm³/mol. The van der Waals surface area contributed by atoms with Gasteiger partial charge in [0.2, 0.25) is 0 Å². The zero-order valence-corrected chi connectivity index (χ0v) is 16.3. The molecule has 27 heavy (non-hydrogen) atoms. The van der Waals surface area contributed by atoms with Crippen LogP contribution in [0.4, 0.5) is 8.78 Å². The van der Waals surface area contributed by atoms with Crippen LogP contribution >= 0.6 is 0 Å². The highest BCUT2D eigenvalue weighted by atomic mass is 19.1. The van der Waals surface area contributed by atoms with Crippen molar-refractivity contribution in [3.8, 4) is 5.75 Å². The highest BCUT2D eigenvalue weighted by molar-refractivity contribution is 6.17. The molecule has 1 heterocycles. The van der Waals surface area contributed by atoms with E-state index in [4.69, 9.17) is 4.74 Å². The number of benzene rings is 1. The number of nitrogens with zero attached hydrogens (tertiary/aromatic N) is 1. The molecule has 2 saturated carbocycles. The Morgan fingerprint density at radius 2 is 1.85 bits per heavy atom. The number of hydrogen-bond donors (Lipinski definition) is 0. The highest BCUT2D eigenvalue weighted by Gasteiger charge is 2.52. The third kappa shape index (κ3) is 4.05. The van der Waals surface area contributed by atoms with Crippen molar-refractivity contribution in [2.45, 2.75) is 43.8 Å². The molecule has 0 spiro atoms. The summed E-state index contributed by atoms with van der Waals surface area (Å²) in [7, 11) is 4.48. The number of ether oxygens (including phenoxy) is 1. The third-order valence-corrected chi connectivity index (χ3v) is 6.91. The first-order chi connectivity index (χ1) is 12.9. The Kier molecular flexibility index (Phi) is 5.04. The van der Waals surface area contributed by atoms with Crippen LogP contribution in [-0.4, -0.2) is 45.3 Å². The first kappa shape index (κ1) is 18.9. The van der Waals surface area contributed by atoms with E-state index in [0.717, 1.165) is 43.2 Å². The van der Waals surface area contributed by atoms with Gasteiger partial charge in [0, 0.05) is 18.1 Å². The van der Waals surface area contributed by atoms with Crippen molar-refractivity contribution in [1.29, 1.82) is 0 Å². The molecular formula is C21H28BF2NO2. The van der Waals surface area contributed by atoms with Crippen LogP contribution in [0.2, 0.25) is 5.31 Å². The lowest BCUT2D eigenvalue weighted by molar-refractivity contribution is 0.0959. The largest absolute Gasteiger partial charge is 0.493 e. The maximum atomic E-state index is 14.2. The molecule has 6 heteroatoms. The van der Waals surface area contributed by atoms with Crippen molar-refractivity contribution in [2.75, 3.05) is 26.7 Å². The first-order valence-corrected chi connectivity index (χ1v) is 10.2. The zero-order chi connectivity index (χ0) is 19.2. The van der Waals surface area contributed by atoms with E-state index in [1.165, 1.54) is 32.4 Å². The summed E-state index contributed by atoms with van der Waals surface area (Å²) in [6, 6.07) is 2.31. The average molecular weight is 375 g/mol. The minimum Gasteiger partial charge on any atom is -0.493 e. The van der Waals surface area contributed by atoms with Crippen molar-refractivity contribution >= 4 is 13.6 Å². The second-order valence-corrected chi connectivity index (χ2v) is 9.10. The summed E-state index contributed by atoms with van der Waals surface area (Å²) in [5.41, 5.74) is -0.402. The van der Waals surface area contributed by atoms with Crippen LogP contribution in [0.15, 0.2) is 12.1 Å². The second kappa shape index (κ2) is 7.19. The summed E-state index contributed by atoms with van der Waals surface area (Å²) in [4.78, 5) is 14.4. The van der Waals surface area contributed by atoms with Crippen LogP contribution in [0, 0.1) is 29.4 Å². The van der Waals surface area contributed by atoms with E-state index >= 15 is 0 Å². The summed E-state index contributed by atoms with van der Waals surface area (Å²) >= 11 is 0. The minimum atomic E-state index is -0.802. The van der Waals surface area contributed by atoms with Gasteiger partial charge in [-0.2, -0.15) is 0 Å². The Morgan fingerprint density at radius 3 is 2.44 bits per heavy atom. The van der Waals surface area contributed by atoms with E-state index in [2.05, 4.69) is 19.8 Å². The monoisotopic (exact) mass is 375 g/mol. The van der Waals surface area contributed by atoms with Crippen LogP contribution in [0.5, 0.6) is 5.75 Å². The van der Waals surface area contributed by atoms with Crippen LogP contribution < -0.4 is 4.74 Å². The molecule has 2 aliphatic carbocycles. The maximum absolute atomic E-state index is 14.2. The molecule has 1 aliphatic heterocycles. The lowest BCUT2D eigenvalue weighted by Gasteiger charge is -2.30. The molecule has 2 atom stereocenters. The molecule has 0 N–H and O–H groups in total. The highest BCUT2D eigenvalue weighted by Crippen LogP contribution is 2.64. The van der Waals surface area contributed by atoms with E-state index in [1.54, 1.807) is 0 Å². The SMILES string of the molecule is BC1(CCOc2cc(F)c(C(=O)C3CC3)c(F)c2)CC1C1CCN(C)CC1. The summed E-state index contributed by atoms with van der Waals surface area (Å²) in [6.45, 7) is 2.81. The quantitative estimate of drug-likeness (QED) is 0.540. The fraction of sp³-hybridized carbons (Fsp3) is 0.667. The Labute approximate surface area is 160 Å². The molecule has 0 aromatic heterocycles. The fourth-order valence-corrected chi connectivity index (χ4v) is 4.72. The summed E-state index contributed by atoms with van der Waals surface area (Å²) < 4.78 is 34.1. The molecule has 1 saturated heterocycles. The average Bonchev–Trinajstić information content (AvgIpc) is 3.52. The van der Waals surface area contributed by atoms with Crippen LogP contribution in [0.3, 0.4) is 0 Å². The normalized spacial score (nSPS) is 28.9. The number of likely N-dealkylation sites (tertiary alicyclic amines) is 1. The molecule has 3 nitrogen and oxygen atoms in total. The molecular weight excluding hydrogens is 347 g/mol. The van der Waals surface area contributed by atoms with Crippen LogP contribution in [0.25, 0.3) is 0 Å². The topological polar surface area (TPSA) is 29.5 Å². The van der Waals surface area contributed by atoms with E-state index in [0.29, 0.717) is 11.9 Å². The van der Waals surface area contributed by atoms with Crippen LogP contribution in [0.1, 0.15) is 48.9 Å². The third-order valence-electron chi connectivity index (χ3n) is 6.91. The van der Waals surface area contributed by atoms with E-state index in [-0.39, 0.29) is 11.7 Å². The molecule has 1 aromatic rings. The minimum absolute atomic E-state index is 0.178. The van der Waals surface area contributed by atoms with Gasteiger partial charge in [-0.3, -0.25) is 4.79 Å². The number of carbonyl (C=O) groups is 1. The van der Waals surface area contributed by atoms with Gasteiger partial charge in [0.05, 0.1) is 12.2 Å². The standard InChI is InChI=1S/C21H28BF2NO2/c1-25-7-4-13(5-8-25)16-12-21(16,22)6-9-27-15-10-17(23)19(18(24)11-15)20(26)14-2-3-14/h10-11,13-14,16H,2-9,12,22H2,1H3. The lowest BCUT2D eigenvalue weighted by atomic mass is 9.74. The Bertz CT molecular complexity index is 708. The van der Waals surface area contributed by atoms with E-state index < -0.39 is 23.0 Å². The molecule has 2 unspecified atom stereocenters. The Morgan fingerprint density at radius 1 is 1.22 bits per heavy atom. The smallest absolute Gasteiger partial charge is 0.171 e. The molecule has 3 aliphatic rings. The van der Waals surface area contributed by atoms with Gasteiger partial charge in [-0.05, 0) is 64.1 Å². The van der Waals surface area contributed by atoms with Crippen molar-refractivity contribution < 1.29 is 18.3 Å². The number of ketones is 1.